The van der Waals surface area contributed by atoms with Gasteiger partial charge in [-0.3, -0.25) is 0 Å². The summed E-state index contributed by atoms with van der Waals surface area (Å²) in [6.07, 6.45) is 33.7. The van der Waals surface area contributed by atoms with E-state index in [4.69, 9.17) is 4.43 Å². The number of unbranched alkanes of at least 4 members (excludes halogenated alkanes) is 18. The first-order valence-electron chi connectivity index (χ1n) is 15.2. The van der Waals surface area contributed by atoms with Gasteiger partial charge in [-0.25, -0.2) is 0 Å². The zero-order valence-corrected chi connectivity index (χ0v) is 25.5. The van der Waals surface area contributed by atoms with Crippen molar-refractivity contribution in [3.8, 4) is 0 Å². The van der Waals surface area contributed by atoms with E-state index in [1.165, 1.54) is 154 Å². The maximum Gasteiger partial charge on any atom is 0.146 e. The van der Waals surface area contributed by atoms with E-state index in [1.54, 1.807) is 0 Å². The molecule has 0 amide bonds. The van der Waals surface area contributed by atoms with Crippen LogP contribution in [0.2, 0.25) is 0 Å². The molecule has 0 N–H and O–H groups in total. The molecular weight excluding hydrogens is 404 g/mol. The lowest BCUT2D eigenvalue weighted by molar-refractivity contribution is -0.00331. The van der Waals surface area contributed by atoms with E-state index in [2.05, 4.69) is 27.7 Å². The van der Waals surface area contributed by atoms with Gasteiger partial charge < -0.3 is 4.43 Å². The smallest absolute Gasteiger partial charge is 0.146 e. The van der Waals surface area contributed by atoms with Crippen LogP contribution in [-0.2, 0) is 4.43 Å². The normalized spacial score (nSPS) is 13.1. The lowest BCUT2D eigenvalue weighted by atomic mass is 9.77. The molecule has 0 heterocycles. The predicted octanol–water partition coefficient (Wildman–Crippen LogP) is 10.1. The first-order chi connectivity index (χ1) is 15.7. The molecule has 1 nitrogen and oxygen atoms in total. The minimum atomic E-state index is 0.196. The topological polar surface area (TPSA) is 9.23 Å². The number of hydrogen-bond donors (Lipinski definition) is 0. The van der Waals surface area contributed by atoms with Crippen LogP contribution in [0.15, 0.2) is 0 Å². The molecule has 0 saturated heterocycles. The molecule has 0 aromatic rings. The Kier molecular flexibility index (Phi) is 24.4. The zero-order valence-electron chi connectivity index (χ0n) is 23.5. The Morgan fingerprint density at radius 2 is 0.812 bits per heavy atom. The molecule has 0 aromatic carbocycles. The third kappa shape index (κ3) is 17.6. The molecule has 0 aliphatic rings. The van der Waals surface area contributed by atoms with Gasteiger partial charge in [0, 0.05) is 0 Å². The maximum atomic E-state index is 6.54. The Morgan fingerprint density at radius 3 is 1.16 bits per heavy atom. The van der Waals surface area contributed by atoms with Crippen molar-refractivity contribution in [1.82, 2.24) is 0 Å². The Hall–Kier alpha value is 0.177. The summed E-state index contributed by atoms with van der Waals surface area (Å²) in [5.41, 5.74) is 0.196. The van der Waals surface area contributed by atoms with Gasteiger partial charge in [0.2, 0.25) is 0 Å². The van der Waals surface area contributed by atoms with E-state index in [-0.39, 0.29) is 5.60 Å². The highest BCUT2D eigenvalue weighted by molar-refractivity contribution is 5.98. The minimum Gasteiger partial charge on any atom is -0.422 e. The first kappa shape index (κ1) is 32.2. The number of hydrogen-bond acceptors (Lipinski definition) is 1. The molecular formula is C30H64OSi. The second-order valence-corrected chi connectivity index (χ2v) is 11.2. The van der Waals surface area contributed by atoms with Gasteiger partial charge in [0.1, 0.15) is 10.5 Å². The van der Waals surface area contributed by atoms with Crippen LogP contribution in [0.5, 0.6) is 0 Å². The summed E-state index contributed by atoms with van der Waals surface area (Å²) < 4.78 is 6.54. The van der Waals surface area contributed by atoms with Crippen molar-refractivity contribution in [2.75, 3.05) is 0 Å². The van der Waals surface area contributed by atoms with Crippen LogP contribution >= 0.6 is 0 Å². The Balaban J connectivity index is 4.44. The van der Waals surface area contributed by atoms with E-state index in [9.17, 15) is 0 Å². The summed E-state index contributed by atoms with van der Waals surface area (Å²) in [6, 6.07) is 0. The van der Waals surface area contributed by atoms with Crippen LogP contribution in [0.3, 0.4) is 0 Å². The van der Waals surface area contributed by atoms with Crippen LogP contribution in [0.25, 0.3) is 0 Å². The molecule has 0 fully saturated rings. The van der Waals surface area contributed by atoms with E-state index in [0.29, 0.717) is 0 Å². The maximum absolute atomic E-state index is 6.54. The molecule has 1 unspecified atom stereocenters. The largest absolute Gasteiger partial charge is 0.422 e. The monoisotopic (exact) mass is 468 g/mol. The highest BCUT2D eigenvalue weighted by Gasteiger charge is 2.34. The van der Waals surface area contributed by atoms with Gasteiger partial charge in [-0.2, -0.15) is 0 Å². The summed E-state index contributed by atoms with van der Waals surface area (Å²) in [7, 11) is 0.896. The molecule has 0 saturated carbocycles. The van der Waals surface area contributed by atoms with Gasteiger partial charge in [-0.05, 0) is 25.2 Å². The summed E-state index contributed by atoms with van der Waals surface area (Å²) in [5.74, 6) is 0.732. The fourth-order valence-electron chi connectivity index (χ4n) is 5.46. The molecule has 0 radical (unpaired) electrons. The third-order valence-electron chi connectivity index (χ3n) is 7.95. The van der Waals surface area contributed by atoms with Crippen LogP contribution in [0.4, 0.5) is 0 Å². The van der Waals surface area contributed by atoms with Crippen molar-refractivity contribution in [2.24, 2.45) is 5.92 Å². The van der Waals surface area contributed by atoms with Gasteiger partial charge in [0.25, 0.3) is 0 Å². The van der Waals surface area contributed by atoms with Gasteiger partial charge in [0.05, 0.1) is 5.60 Å². The highest BCUT2D eigenvalue weighted by Crippen LogP contribution is 2.36. The van der Waals surface area contributed by atoms with Crippen molar-refractivity contribution in [3.05, 3.63) is 0 Å². The molecule has 0 aliphatic heterocycles. The van der Waals surface area contributed by atoms with Crippen LogP contribution < -0.4 is 0 Å². The van der Waals surface area contributed by atoms with Crippen molar-refractivity contribution in [3.63, 3.8) is 0 Å². The summed E-state index contributed by atoms with van der Waals surface area (Å²) in [6.45, 7) is 9.46. The fraction of sp³-hybridized carbons (Fsp3) is 1.00. The first-order valence-corrected chi connectivity index (χ1v) is 16.0. The number of rotatable bonds is 26. The van der Waals surface area contributed by atoms with Gasteiger partial charge in [-0.1, -0.05) is 163 Å². The molecule has 194 valence electrons. The Bertz CT molecular complexity index is 339. The van der Waals surface area contributed by atoms with Gasteiger partial charge in [0.15, 0.2) is 0 Å². The molecule has 0 rings (SSSR count). The molecule has 2 heteroatoms. The van der Waals surface area contributed by atoms with Crippen LogP contribution in [0, 0.1) is 5.92 Å². The molecule has 0 aromatic heterocycles. The third-order valence-corrected chi connectivity index (χ3v) is 8.77. The molecule has 32 heavy (non-hydrogen) atoms. The van der Waals surface area contributed by atoms with Gasteiger partial charge in [-0.15, -0.1) is 0 Å². The standard InChI is InChI=1S/C30H64OSi/c1-5-8-11-14-17-20-23-26-29(4)30(31-32,27-24-21-18-15-12-9-6-2)28-25-22-19-16-13-10-7-3/h29H,5-28H2,1-4,32H3. The summed E-state index contributed by atoms with van der Waals surface area (Å²) >= 11 is 0. The Morgan fingerprint density at radius 1 is 0.500 bits per heavy atom. The summed E-state index contributed by atoms with van der Waals surface area (Å²) in [4.78, 5) is 0. The lowest BCUT2D eigenvalue weighted by Crippen LogP contribution is -2.39. The van der Waals surface area contributed by atoms with Crippen molar-refractivity contribution in [2.45, 2.75) is 187 Å². The molecule has 0 aliphatic carbocycles. The molecule has 1 atom stereocenters. The Labute approximate surface area is 208 Å². The van der Waals surface area contributed by atoms with Crippen molar-refractivity contribution < 1.29 is 4.43 Å². The van der Waals surface area contributed by atoms with E-state index in [0.717, 1.165) is 16.4 Å². The molecule has 0 bridgehead atoms. The average molecular weight is 469 g/mol. The van der Waals surface area contributed by atoms with E-state index >= 15 is 0 Å². The van der Waals surface area contributed by atoms with E-state index in [1.807, 2.05) is 0 Å². The second-order valence-electron chi connectivity index (χ2n) is 10.8. The highest BCUT2D eigenvalue weighted by atomic mass is 28.2. The zero-order chi connectivity index (χ0) is 23.8. The SMILES string of the molecule is CCCCCCCCCC(C)C(CCCCCCCCC)(CCCCCCCCC)O[SiH3]. The average Bonchev–Trinajstić information content (AvgIpc) is 2.81. The quantitative estimate of drug-likeness (QED) is 0.0905. The minimum absolute atomic E-state index is 0.196. The molecule has 0 spiro atoms. The van der Waals surface area contributed by atoms with E-state index < -0.39 is 0 Å². The van der Waals surface area contributed by atoms with Gasteiger partial charge >= 0.3 is 0 Å². The lowest BCUT2D eigenvalue weighted by Gasteiger charge is -2.40. The summed E-state index contributed by atoms with van der Waals surface area (Å²) in [5, 5.41) is 0. The van der Waals surface area contributed by atoms with Crippen LogP contribution in [0.1, 0.15) is 182 Å². The van der Waals surface area contributed by atoms with Crippen molar-refractivity contribution >= 4 is 10.5 Å². The second kappa shape index (κ2) is 24.3. The fourth-order valence-corrected chi connectivity index (χ4v) is 6.27. The van der Waals surface area contributed by atoms with Crippen LogP contribution in [-0.4, -0.2) is 16.1 Å². The predicted molar refractivity (Wildman–Crippen MR) is 151 cm³/mol. The van der Waals surface area contributed by atoms with Crippen molar-refractivity contribution in [1.29, 1.82) is 0 Å².